The molecule has 0 atom stereocenters. The molecule has 0 fully saturated rings. The maximum Gasteiger partial charge on any atom is 1.00 e. The summed E-state index contributed by atoms with van der Waals surface area (Å²) in [6.07, 6.45) is 14.9. The molecule has 0 radical (unpaired) electrons. The number of pyridine rings is 4. The number of halogens is 3. The Balaban J connectivity index is 0.000000176. The minimum atomic E-state index is -0.929. The van der Waals surface area contributed by atoms with Crippen LogP contribution in [-0.4, -0.2) is 75.9 Å². The molecule has 0 bridgehead atoms. The summed E-state index contributed by atoms with van der Waals surface area (Å²) in [5.41, 5.74) is 8.13. The number of benzene rings is 10. The van der Waals surface area contributed by atoms with Crippen LogP contribution in [0.1, 0.15) is 72.1 Å². The number of carboxylic acids is 1. The summed E-state index contributed by atoms with van der Waals surface area (Å²) in [6, 6.07) is 66.6. The zero-order valence-corrected chi connectivity index (χ0v) is 67.2. The molecule has 0 saturated heterocycles. The third-order valence-electron chi connectivity index (χ3n) is 16.7. The van der Waals surface area contributed by atoms with Crippen LogP contribution in [0.3, 0.4) is 0 Å². The van der Waals surface area contributed by atoms with Gasteiger partial charge in [-0.05, 0) is 199 Å². The predicted octanol–water partition coefficient (Wildman–Crippen LogP) is 19.6. The van der Waals surface area contributed by atoms with Crippen LogP contribution in [0.15, 0.2) is 250 Å². The molecule has 14 rings (SSSR count). The van der Waals surface area contributed by atoms with Gasteiger partial charge in [-0.2, -0.15) is 28.4 Å². The quantitative estimate of drug-likeness (QED) is 0.0380. The Bertz CT molecular complexity index is 5770. The van der Waals surface area contributed by atoms with Crippen LogP contribution in [0.25, 0.3) is 109 Å². The van der Waals surface area contributed by atoms with Gasteiger partial charge in [-0.25, -0.2) is 0 Å². The standard InChI is InChI=1S/C26H22N2O2S.C24H18N2O2S.C20H11BrN2.C9H5BrIN.C6H12O2S.Li.H2O/c1-4-30-25(29)26(2,3)31-19-11-9-18-15-28-16-24(23(18)13-19)22-12-10-17(14-27)20-7-5-6-8-21(20)22;1-24(2,23(27)28)29-17-9-7-16-13-26-14-22(21(16)11-17)20-10-8-15(12-25)18-5-3-4-6-19(18)20;21-15-7-5-14-11-23-12-20(19(14)9-15)18-8-6-13(10-22)16-3-1-2-4-17(16)18;10-7-2-1-6-4-12-5-9(11)8(6)3-7;1-4-8-5(7)6(2,3)9;;/h5-13,15-16H,4H2,1-3H3;3-11,13-14H,1-2H3,(H,27,28);1-9,11-12H;1-5H;9H,4H2,1-3H3;;1H2/q;;;;;+1;/p-1. The number of nitriles is 3. The Morgan fingerprint density at radius 2 is 0.755 bits per heavy atom. The average Bonchev–Trinajstić information content (AvgIpc) is 0.778. The summed E-state index contributed by atoms with van der Waals surface area (Å²) in [7, 11) is 0. The van der Waals surface area contributed by atoms with Crippen molar-refractivity contribution in [2.75, 3.05) is 13.2 Å². The first-order chi connectivity index (χ1) is 49.9. The van der Waals surface area contributed by atoms with Crippen molar-refractivity contribution in [2.45, 2.75) is 79.4 Å². The van der Waals surface area contributed by atoms with Crippen molar-refractivity contribution in [3.05, 3.63) is 261 Å². The summed E-state index contributed by atoms with van der Waals surface area (Å²) >= 11 is 16.1. The summed E-state index contributed by atoms with van der Waals surface area (Å²) in [5.74, 6) is -1.35. The van der Waals surface area contributed by atoms with E-state index in [1.807, 2.05) is 216 Å². The first kappa shape index (κ1) is 82.5. The van der Waals surface area contributed by atoms with E-state index in [1.54, 1.807) is 34.6 Å². The van der Waals surface area contributed by atoms with Crippen LogP contribution in [0.2, 0.25) is 0 Å². The molecule has 2 N–H and O–H groups in total. The van der Waals surface area contributed by atoms with E-state index in [4.69, 9.17) is 9.47 Å². The Labute approximate surface area is 671 Å². The molecule has 21 heteroatoms. The van der Waals surface area contributed by atoms with Crippen molar-refractivity contribution < 1.29 is 53.3 Å². The van der Waals surface area contributed by atoms with E-state index >= 15 is 0 Å². The first-order valence-electron chi connectivity index (χ1n) is 32.8. The van der Waals surface area contributed by atoms with Gasteiger partial charge in [-0.3, -0.25) is 34.3 Å². The van der Waals surface area contributed by atoms with Gasteiger partial charge in [0.05, 0.1) is 48.1 Å². The molecule has 0 spiro atoms. The Morgan fingerprint density at radius 1 is 0.434 bits per heavy atom. The number of hydrogen-bond acceptors (Lipinski definition) is 16. The Kier molecular flexibility index (Phi) is 28.7. The number of ether oxygens (including phenoxy) is 2. The van der Waals surface area contributed by atoms with Gasteiger partial charge in [0, 0.05) is 126 Å². The second-order valence-corrected chi connectivity index (χ2v) is 32.7. The molecular weight excluding hydrogens is 1620 g/mol. The number of rotatable bonds is 12. The summed E-state index contributed by atoms with van der Waals surface area (Å²) in [4.78, 5) is 53.9. The van der Waals surface area contributed by atoms with Gasteiger partial charge < -0.3 is 20.1 Å². The number of aromatic nitrogens is 4. The Morgan fingerprint density at radius 3 is 1.10 bits per heavy atom. The van der Waals surface area contributed by atoms with Crippen molar-refractivity contribution in [2.24, 2.45) is 0 Å². The van der Waals surface area contributed by atoms with E-state index in [0.717, 1.165) is 117 Å². The largest absolute Gasteiger partial charge is 1.00 e. The normalized spacial score (nSPS) is 11.0. The van der Waals surface area contributed by atoms with Crippen LogP contribution in [0.4, 0.5) is 0 Å². The van der Waals surface area contributed by atoms with E-state index in [2.05, 4.69) is 142 Å². The molecule has 0 aliphatic heterocycles. The van der Waals surface area contributed by atoms with Crippen molar-refractivity contribution in [3.8, 4) is 51.6 Å². The van der Waals surface area contributed by atoms with Crippen molar-refractivity contribution in [1.82, 2.24) is 19.9 Å². The number of nitrogens with zero attached hydrogens (tertiary/aromatic N) is 7. The molecule has 14 aromatic rings. The fourth-order valence-corrected chi connectivity index (χ4v) is 14.9. The number of aliphatic carboxylic acids is 1. The van der Waals surface area contributed by atoms with Crippen molar-refractivity contribution >= 4 is 184 Å². The molecule has 4 aromatic heterocycles. The van der Waals surface area contributed by atoms with Crippen LogP contribution in [0, 0.1) is 37.6 Å². The van der Waals surface area contributed by atoms with Crippen LogP contribution in [-0.2, 0) is 23.9 Å². The van der Waals surface area contributed by atoms with Gasteiger partial charge in [-0.15, -0.1) is 23.5 Å². The third kappa shape index (κ3) is 19.5. The zero-order valence-electron chi connectivity index (χ0n) is 59.3. The second-order valence-electron chi connectivity index (χ2n) is 25.2. The number of carbonyl (C=O) groups is 3. The van der Waals surface area contributed by atoms with Gasteiger partial charge in [0.15, 0.2) is 0 Å². The van der Waals surface area contributed by atoms with Gasteiger partial charge >= 0.3 is 36.8 Å². The van der Waals surface area contributed by atoms with Crippen LogP contribution in [0.5, 0.6) is 0 Å². The predicted molar refractivity (Wildman–Crippen MR) is 444 cm³/mol. The fourth-order valence-electron chi connectivity index (χ4n) is 11.5. The molecule has 0 aliphatic carbocycles. The monoisotopic (exact) mass is 1690 g/mol. The molecule has 0 aliphatic rings. The number of hydrogen-bond donors (Lipinski definition) is 2. The summed E-state index contributed by atoms with van der Waals surface area (Å²) < 4.78 is 11.0. The van der Waals surface area contributed by atoms with Crippen LogP contribution < -0.4 is 18.9 Å². The number of carboxylic acid groups (broad SMARTS) is 1. The topological polar surface area (TPSA) is 243 Å². The molecule has 10 aromatic carbocycles. The maximum absolute atomic E-state index is 12.3. The Hall–Kier alpha value is -9.20. The van der Waals surface area contributed by atoms with Gasteiger partial charge in [-0.1, -0.05) is 147 Å². The van der Waals surface area contributed by atoms with Crippen molar-refractivity contribution in [1.29, 1.82) is 15.8 Å². The maximum atomic E-state index is 12.3. The molecule has 106 heavy (non-hydrogen) atoms. The second kappa shape index (κ2) is 36.9. The van der Waals surface area contributed by atoms with Crippen molar-refractivity contribution in [3.63, 3.8) is 0 Å². The molecule has 0 unspecified atom stereocenters. The third-order valence-corrected chi connectivity index (χ3v) is 21.0. The zero-order chi connectivity index (χ0) is 74.5. The minimum absolute atomic E-state index is 0. The van der Waals surface area contributed by atoms with E-state index in [-0.39, 0.29) is 36.3 Å². The van der Waals surface area contributed by atoms with Gasteiger partial charge in [0.2, 0.25) is 0 Å². The molecule has 526 valence electrons. The summed E-state index contributed by atoms with van der Waals surface area (Å²) in [6.45, 7) is 14.9. The number of carbonyl (C=O) groups excluding carboxylic acids is 2. The molecule has 14 nitrogen and oxygen atoms in total. The fraction of sp³-hybridized carbons (Fsp3) is 0.153. The van der Waals surface area contributed by atoms with E-state index in [1.165, 1.54) is 37.9 Å². The van der Waals surface area contributed by atoms with E-state index in [9.17, 15) is 35.3 Å². The first-order valence-corrected chi connectivity index (χ1v) is 37.5. The summed E-state index contributed by atoms with van der Waals surface area (Å²) in [5, 5.41) is 52.3. The SMILES string of the molecule is Brc1ccc2cncc(I)c2c1.CC(C)(Sc1ccc2cncc(-c3ccc(C#N)c4ccccc34)c2c1)C(=O)O.CCOC(=O)C(C)(C)S.CCOC(=O)C(C)(C)Sc1ccc2cncc(-c3ccc(C#N)c4ccccc34)c2c1.N#Cc1ccc(-c2cncc3ccc(Br)cc23)c2ccccc12.[Li+].[OH-]. The molecule has 0 amide bonds. The van der Waals surface area contributed by atoms with E-state index < -0.39 is 20.2 Å². The number of thioether (sulfide) groups is 2. The minimum Gasteiger partial charge on any atom is -0.870 e. The number of fused-ring (bicyclic) bond motifs is 7. The number of thiol groups is 1. The van der Waals surface area contributed by atoms with Crippen LogP contribution >= 0.6 is 90.6 Å². The molecule has 0 saturated carbocycles. The number of esters is 2. The smallest absolute Gasteiger partial charge is 0.870 e. The molecular formula is C85H69Br2ILiN7O7S3. The van der Waals surface area contributed by atoms with Gasteiger partial charge in [0.25, 0.3) is 0 Å². The average molecular weight is 1690 g/mol. The molecule has 4 heterocycles. The van der Waals surface area contributed by atoms with Gasteiger partial charge in [0.1, 0.15) is 14.2 Å². The van der Waals surface area contributed by atoms with E-state index in [0.29, 0.717) is 29.9 Å².